The molecule has 1 N–H and O–H groups in total. The molecule has 0 aliphatic carbocycles. The van der Waals surface area contributed by atoms with E-state index in [1.165, 1.54) is 4.88 Å². The fraction of sp³-hybridized carbons (Fsp3) is 0.500. The number of thiophene rings is 1. The minimum absolute atomic E-state index is 0.0707. The van der Waals surface area contributed by atoms with Crippen LogP contribution >= 0.6 is 11.3 Å². The molecule has 1 aliphatic heterocycles. The zero-order valence-electron chi connectivity index (χ0n) is 18.3. The van der Waals surface area contributed by atoms with Crippen molar-refractivity contribution in [2.75, 3.05) is 54.6 Å². The summed E-state index contributed by atoms with van der Waals surface area (Å²) in [7, 11) is 6.78. The number of rotatable bonds is 8. The molecule has 1 aromatic carbocycles. The number of likely N-dealkylation sites (N-methyl/N-ethyl adjacent to an activating group) is 1. The van der Waals surface area contributed by atoms with Gasteiger partial charge >= 0.3 is 0 Å². The van der Waals surface area contributed by atoms with Crippen LogP contribution in [0.25, 0.3) is 0 Å². The van der Waals surface area contributed by atoms with E-state index in [-0.39, 0.29) is 18.0 Å². The lowest BCUT2D eigenvalue weighted by Crippen LogP contribution is -2.51. The predicted octanol–water partition coefficient (Wildman–Crippen LogP) is 2.88. The first-order valence-corrected chi connectivity index (χ1v) is 10.9. The summed E-state index contributed by atoms with van der Waals surface area (Å²) in [5, 5.41) is 5.28. The molecule has 0 bridgehead atoms. The quantitative estimate of drug-likeness (QED) is 0.691. The van der Waals surface area contributed by atoms with Gasteiger partial charge in [-0.15, -0.1) is 11.3 Å². The molecular formula is C22H31N3O4S. The van der Waals surface area contributed by atoms with Gasteiger partial charge in [0.15, 0.2) is 11.5 Å². The normalized spacial score (nSPS) is 17.2. The molecule has 1 saturated heterocycles. The summed E-state index contributed by atoms with van der Waals surface area (Å²) in [6.07, 6.45) is 0. The zero-order valence-corrected chi connectivity index (χ0v) is 19.1. The van der Waals surface area contributed by atoms with Crippen molar-refractivity contribution in [3.05, 3.63) is 40.1 Å². The number of carbonyl (C=O) groups is 1. The van der Waals surface area contributed by atoms with Crippen LogP contribution in [0.1, 0.15) is 28.2 Å². The molecule has 1 fully saturated rings. The number of piperazine rings is 1. The van der Waals surface area contributed by atoms with Crippen LogP contribution in [0.3, 0.4) is 0 Å². The molecule has 30 heavy (non-hydrogen) atoms. The Kier molecular flexibility index (Phi) is 7.58. The fourth-order valence-corrected chi connectivity index (χ4v) is 4.85. The molecule has 164 valence electrons. The molecule has 2 aromatic rings. The van der Waals surface area contributed by atoms with Crippen LogP contribution in [0.4, 0.5) is 0 Å². The van der Waals surface area contributed by atoms with Crippen LogP contribution in [-0.4, -0.2) is 76.3 Å². The molecular weight excluding hydrogens is 402 g/mol. The van der Waals surface area contributed by atoms with Crippen molar-refractivity contribution in [1.29, 1.82) is 0 Å². The highest BCUT2D eigenvalue weighted by atomic mass is 32.1. The van der Waals surface area contributed by atoms with E-state index in [4.69, 9.17) is 14.2 Å². The highest BCUT2D eigenvalue weighted by molar-refractivity contribution is 7.10. The standard InChI is InChI=1S/C22H31N3O4S/c1-15(20(19-7-6-12-30-19)25-10-8-24(2)9-11-25)23-22(26)16-13-17(27-3)21(29-5)18(14-16)28-4/h6-7,12-15,20H,8-11H2,1-5H3,(H,23,26)/t15-,20+/m1/s1. The molecule has 0 spiro atoms. The van der Waals surface area contributed by atoms with Crippen molar-refractivity contribution < 1.29 is 19.0 Å². The number of methoxy groups -OCH3 is 3. The number of hydrogen-bond acceptors (Lipinski definition) is 7. The van der Waals surface area contributed by atoms with Gasteiger partial charge in [-0.05, 0) is 37.6 Å². The summed E-state index contributed by atoms with van der Waals surface area (Å²) in [4.78, 5) is 19.2. The average molecular weight is 434 g/mol. The van der Waals surface area contributed by atoms with E-state index in [0.29, 0.717) is 22.8 Å². The number of benzene rings is 1. The Labute approximate surface area is 182 Å². The second-order valence-corrected chi connectivity index (χ2v) is 8.45. The lowest BCUT2D eigenvalue weighted by Gasteiger charge is -2.40. The van der Waals surface area contributed by atoms with Crippen LogP contribution in [-0.2, 0) is 0 Å². The first kappa shape index (κ1) is 22.4. The van der Waals surface area contributed by atoms with Gasteiger partial charge in [0.2, 0.25) is 5.75 Å². The Bertz CT molecular complexity index is 810. The number of ether oxygens (including phenoxy) is 3. The highest BCUT2D eigenvalue weighted by Crippen LogP contribution is 2.38. The lowest BCUT2D eigenvalue weighted by atomic mass is 10.0. The zero-order chi connectivity index (χ0) is 21.7. The largest absolute Gasteiger partial charge is 0.493 e. The Morgan fingerprint density at radius 3 is 2.20 bits per heavy atom. The third-order valence-electron chi connectivity index (χ3n) is 5.53. The van der Waals surface area contributed by atoms with E-state index in [1.807, 2.05) is 0 Å². The van der Waals surface area contributed by atoms with E-state index in [0.717, 1.165) is 26.2 Å². The molecule has 0 saturated carbocycles. The van der Waals surface area contributed by atoms with Crippen LogP contribution in [0.5, 0.6) is 17.2 Å². The highest BCUT2D eigenvalue weighted by Gasteiger charge is 2.30. The Balaban J connectivity index is 1.82. The Morgan fingerprint density at radius 1 is 1.07 bits per heavy atom. The topological polar surface area (TPSA) is 63.3 Å². The second kappa shape index (κ2) is 10.1. The molecule has 0 unspecified atom stereocenters. The smallest absolute Gasteiger partial charge is 0.251 e. The van der Waals surface area contributed by atoms with Crippen molar-refractivity contribution in [3.8, 4) is 17.2 Å². The molecule has 1 aliphatic rings. The van der Waals surface area contributed by atoms with Crippen molar-refractivity contribution in [1.82, 2.24) is 15.1 Å². The molecule has 0 radical (unpaired) electrons. The van der Waals surface area contributed by atoms with Crippen molar-refractivity contribution in [2.24, 2.45) is 0 Å². The molecule has 7 nitrogen and oxygen atoms in total. The fourth-order valence-electron chi connectivity index (χ4n) is 3.88. The van der Waals surface area contributed by atoms with Gasteiger partial charge < -0.3 is 24.4 Å². The van der Waals surface area contributed by atoms with Gasteiger partial charge in [-0.25, -0.2) is 0 Å². The summed E-state index contributed by atoms with van der Waals surface area (Å²) in [6, 6.07) is 7.63. The van der Waals surface area contributed by atoms with E-state index in [1.54, 1.807) is 44.8 Å². The van der Waals surface area contributed by atoms with Crippen molar-refractivity contribution in [3.63, 3.8) is 0 Å². The summed E-state index contributed by atoms with van der Waals surface area (Å²) in [6.45, 7) is 6.07. The van der Waals surface area contributed by atoms with Crippen LogP contribution < -0.4 is 19.5 Å². The number of hydrogen-bond donors (Lipinski definition) is 1. The van der Waals surface area contributed by atoms with E-state index < -0.39 is 0 Å². The van der Waals surface area contributed by atoms with Gasteiger partial charge in [0, 0.05) is 42.7 Å². The summed E-state index contributed by atoms with van der Waals surface area (Å²) in [5.74, 6) is 1.22. The Hall–Kier alpha value is -2.29. The third-order valence-corrected chi connectivity index (χ3v) is 6.47. The van der Waals surface area contributed by atoms with E-state index in [2.05, 4.69) is 46.6 Å². The molecule has 2 heterocycles. The van der Waals surface area contributed by atoms with Crippen LogP contribution in [0, 0.1) is 0 Å². The number of amides is 1. The maximum atomic E-state index is 13.1. The van der Waals surface area contributed by atoms with E-state index in [9.17, 15) is 4.79 Å². The minimum Gasteiger partial charge on any atom is -0.493 e. The van der Waals surface area contributed by atoms with E-state index >= 15 is 0 Å². The first-order chi connectivity index (χ1) is 14.5. The van der Waals surface area contributed by atoms with Gasteiger partial charge in [0.1, 0.15) is 0 Å². The van der Waals surface area contributed by atoms with Crippen LogP contribution in [0.15, 0.2) is 29.6 Å². The van der Waals surface area contributed by atoms with Gasteiger partial charge in [-0.2, -0.15) is 0 Å². The van der Waals surface area contributed by atoms with Crippen molar-refractivity contribution in [2.45, 2.75) is 19.0 Å². The SMILES string of the molecule is COc1cc(C(=O)N[C@H](C)[C@@H](c2cccs2)N2CCN(C)CC2)cc(OC)c1OC. The third kappa shape index (κ3) is 4.88. The maximum absolute atomic E-state index is 13.1. The summed E-state index contributed by atoms with van der Waals surface area (Å²) >= 11 is 1.73. The number of nitrogens with one attached hydrogen (secondary N) is 1. The molecule has 3 rings (SSSR count). The average Bonchev–Trinajstić information content (AvgIpc) is 3.28. The summed E-state index contributed by atoms with van der Waals surface area (Å²) < 4.78 is 16.1. The molecule has 1 amide bonds. The predicted molar refractivity (Wildman–Crippen MR) is 119 cm³/mol. The number of nitrogens with zero attached hydrogens (tertiary/aromatic N) is 2. The second-order valence-electron chi connectivity index (χ2n) is 7.48. The molecule has 1 aromatic heterocycles. The van der Waals surface area contributed by atoms with Gasteiger partial charge in [-0.1, -0.05) is 6.07 Å². The molecule has 8 heteroatoms. The summed E-state index contributed by atoms with van der Waals surface area (Å²) in [5.41, 5.74) is 0.472. The lowest BCUT2D eigenvalue weighted by molar-refractivity contribution is 0.0798. The van der Waals surface area contributed by atoms with Gasteiger partial charge in [-0.3, -0.25) is 9.69 Å². The van der Waals surface area contributed by atoms with Crippen molar-refractivity contribution >= 4 is 17.2 Å². The first-order valence-electron chi connectivity index (χ1n) is 10.0. The minimum atomic E-state index is -0.169. The monoisotopic (exact) mass is 433 g/mol. The maximum Gasteiger partial charge on any atom is 0.251 e. The number of carbonyl (C=O) groups excluding carboxylic acids is 1. The Morgan fingerprint density at radius 2 is 1.70 bits per heavy atom. The van der Waals surface area contributed by atoms with Gasteiger partial charge in [0.25, 0.3) is 5.91 Å². The van der Waals surface area contributed by atoms with Crippen LogP contribution in [0.2, 0.25) is 0 Å². The molecule has 2 atom stereocenters. The van der Waals surface area contributed by atoms with Gasteiger partial charge in [0.05, 0.1) is 27.4 Å².